The van der Waals surface area contributed by atoms with Gasteiger partial charge in [-0.2, -0.15) is 0 Å². The van der Waals surface area contributed by atoms with Crippen molar-refractivity contribution in [2.24, 2.45) is 0 Å². The van der Waals surface area contributed by atoms with Crippen LogP contribution in [0.3, 0.4) is 0 Å². The molecule has 0 aromatic carbocycles. The van der Waals surface area contributed by atoms with Crippen molar-refractivity contribution in [3.8, 4) is 0 Å². The first-order chi connectivity index (χ1) is 11.5. The van der Waals surface area contributed by atoms with Gasteiger partial charge in [-0.25, -0.2) is 9.78 Å². The number of nitrogens with one attached hydrogen (secondary N) is 1. The van der Waals surface area contributed by atoms with Crippen LogP contribution in [0, 0.1) is 0 Å². The van der Waals surface area contributed by atoms with Gasteiger partial charge in [-0.05, 0) is 6.42 Å². The van der Waals surface area contributed by atoms with E-state index in [0.717, 1.165) is 25.2 Å². The molecule has 0 atom stereocenters. The molecule has 0 bridgehead atoms. The van der Waals surface area contributed by atoms with Crippen LogP contribution in [0.25, 0.3) is 0 Å². The first-order valence-electron chi connectivity index (χ1n) is 7.88. The maximum absolute atomic E-state index is 11.8. The first-order valence-corrected chi connectivity index (χ1v) is 7.88. The highest BCUT2D eigenvalue weighted by atomic mass is 16.3. The Morgan fingerprint density at radius 1 is 1.46 bits per heavy atom. The lowest BCUT2D eigenvalue weighted by Crippen LogP contribution is -2.39. The normalized spacial score (nSPS) is 13.5. The second-order valence-electron chi connectivity index (χ2n) is 5.33. The van der Waals surface area contributed by atoms with E-state index in [9.17, 15) is 9.59 Å². The van der Waals surface area contributed by atoms with E-state index in [0.29, 0.717) is 19.6 Å². The fourth-order valence-electron chi connectivity index (χ4n) is 2.41. The minimum atomic E-state index is -0.250. The van der Waals surface area contributed by atoms with Gasteiger partial charge in [-0.1, -0.05) is 6.92 Å². The number of amides is 3. The Labute approximate surface area is 141 Å². The number of carboxylic acid groups (broad SMARTS) is 1. The molecule has 0 saturated carbocycles. The zero-order chi connectivity index (χ0) is 17.9. The fraction of sp³-hybridized carbons (Fsp3) is 0.600. The van der Waals surface area contributed by atoms with E-state index >= 15 is 0 Å². The summed E-state index contributed by atoms with van der Waals surface area (Å²) in [5.74, 6) is 0.965. The van der Waals surface area contributed by atoms with Crippen LogP contribution in [0.15, 0.2) is 12.4 Å². The van der Waals surface area contributed by atoms with Gasteiger partial charge in [0.15, 0.2) is 0 Å². The molecule has 1 saturated heterocycles. The number of carbonyl (C=O) groups is 3. The highest BCUT2D eigenvalue weighted by Gasteiger charge is 2.26. The standard InChI is InChI=1S/C14H23N5O2.CH2O2/c1-3-12-15-6-8-18(12)7-4-5-16-13(20)11-19-10-9-17(2)14(19)21;2-1-3/h6,8H,3-5,7,9-11H2,1-2H3,(H,16,20);1H,(H,2,3). The van der Waals surface area contributed by atoms with Gasteiger partial charge in [0.1, 0.15) is 12.4 Å². The Kier molecular flexibility index (Phi) is 8.31. The van der Waals surface area contributed by atoms with Crippen LogP contribution in [-0.4, -0.2) is 76.1 Å². The van der Waals surface area contributed by atoms with E-state index in [1.165, 1.54) is 0 Å². The van der Waals surface area contributed by atoms with Gasteiger partial charge in [0.2, 0.25) is 5.91 Å². The number of imidazole rings is 1. The number of aromatic nitrogens is 2. The summed E-state index contributed by atoms with van der Waals surface area (Å²) in [7, 11) is 1.75. The van der Waals surface area contributed by atoms with Crippen LogP contribution < -0.4 is 5.32 Å². The summed E-state index contributed by atoms with van der Waals surface area (Å²) < 4.78 is 2.10. The Morgan fingerprint density at radius 2 is 2.17 bits per heavy atom. The smallest absolute Gasteiger partial charge is 0.320 e. The molecule has 9 heteroatoms. The van der Waals surface area contributed by atoms with E-state index in [2.05, 4.69) is 21.8 Å². The Hall–Kier alpha value is -2.58. The molecule has 0 radical (unpaired) electrons. The summed E-state index contributed by atoms with van der Waals surface area (Å²) in [5.41, 5.74) is 0. The maximum Gasteiger partial charge on any atom is 0.320 e. The van der Waals surface area contributed by atoms with Crippen LogP contribution in [0.4, 0.5) is 4.79 Å². The number of carbonyl (C=O) groups excluding carboxylic acids is 2. The SMILES string of the molecule is CCc1nccn1CCCNC(=O)CN1CCN(C)C1=O.O=CO. The third-order valence-corrected chi connectivity index (χ3v) is 3.65. The minimum Gasteiger partial charge on any atom is -0.483 e. The highest BCUT2D eigenvalue weighted by molar-refractivity contribution is 5.84. The molecule has 0 unspecified atom stereocenters. The summed E-state index contributed by atoms with van der Waals surface area (Å²) in [4.78, 5) is 39.3. The predicted molar refractivity (Wildman–Crippen MR) is 87.5 cm³/mol. The van der Waals surface area contributed by atoms with E-state index < -0.39 is 0 Å². The van der Waals surface area contributed by atoms with Gasteiger partial charge in [0, 0.05) is 52.0 Å². The molecular weight excluding hydrogens is 314 g/mol. The van der Waals surface area contributed by atoms with Gasteiger partial charge in [0.25, 0.3) is 6.47 Å². The summed E-state index contributed by atoms with van der Waals surface area (Å²) in [5, 5.41) is 9.75. The number of rotatable bonds is 7. The molecule has 2 heterocycles. The second kappa shape index (κ2) is 10.2. The summed E-state index contributed by atoms with van der Waals surface area (Å²) in [6.45, 7) is 4.73. The van der Waals surface area contributed by atoms with Crippen molar-refractivity contribution in [2.45, 2.75) is 26.3 Å². The van der Waals surface area contributed by atoms with E-state index in [1.807, 2.05) is 6.20 Å². The number of hydrogen-bond donors (Lipinski definition) is 2. The van der Waals surface area contributed by atoms with Crippen molar-refractivity contribution in [2.75, 3.05) is 33.2 Å². The quantitative estimate of drug-likeness (QED) is 0.538. The Morgan fingerprint density at radius 3 is 2.75 bits per heavy atom. The third kappa shape index (κ3) is 5.90. The molecule has 24 heavy (non-hydrogen) atoms. The van der Waals surface area contributed by atoms with E-state index in [1.54, 1.807) is 23.0 Å². The fourth-order valence-corrected chi connectivity index (χ4v) is 2.41. The summed E-state index contributed by atoms with van der Waals surface area (Å²) in [6.07, 6.45) is 5.51. The molecule has 1 aliphatic rings. The lowest BCUT2D eigenvalue weighted by atomic mass is 10.3. The average molecular weight is 339 g/mol. The molecule has 2 rings (SSSR count). The van der Waals surface area contributed by atoms with Crippen LogP contribution in [0.2, 0.25) is 0 Å². The third-order valence-electron chi connectivity index (χ3n) is 3.65. The molecule has 1 aromatic rings. The molecule has 134 valence electrons. The Balaban J connectivity index is 0.000000891. The molecule has 3 amide bonds. The van der Waals surface area contributed by atoms with Gasteiger partial charge in [-0.15, -0.1) is 0 Å². The lowest BCUT2D eigenvalue weighted by molar-refractivity contribution is -0.123. The van der Waals surface area contributed by atoms with Crippen molar-refractivity contribution < 1.29 is 19.5 Å². The molecular formula is C15H25N5O4. The van der Waals surface area contributed by atoms with Gasteiger partial charge < -0.3 is 24.8 Å². The van der Waals surface area contributed by atoms with Gasteiger partial charge in [0.05, 0.1) is 0 Å². The van der Waals surface area contributed by atoms with Crippen LogP contribution in [-0.2, 0) is 22.6 Å². The number of hydrogen-bond acceptors (Lipinski definition) is 4. The summed E-state index contributed by atoms with van der Waals surface area (Å²) >= 11 is 0. The molecule has 0 spiro atoms. The predicted octanol–water partition coefficient (Wildman–Crippen LogP) is 0.0200. The second-order valence-corrected chi connectivity index (χ2v) is 5.33. The summed E-state index contributed by atoms with van der Waals surface area (Å²) in [6, 6.07) is -0.0730. The van der Waals surface area contributed by atoms with Crippen LogP contribution >= 0.6 is 0 Å². The number of nitrogens with zero attached hydrogens (tertiary/aromatic N) is 4. The largest absolute Gasteiger partial charge is 0.483 e. The van der Waals surface area contributed by atoms with Crippen molar-refractivity contribution in [1.82, 2.24) is 24.7 Å². The van der Waals surface area contributed by atoms with Crippen molar-refractivity contribution >= 4 is 18.4 Å². The maximum atomic E-state index is 11.8. The van der Waals surface area contributed by atoms with Crippen molar-refractivity contribution in [1.29, 1.82) is 0 Å². The Bertz CT molecular complexity index is 546. The monoisotopic (exact) mass is 339 g/mol. The van der Waals surface area contributed by atoms with Crippen LogP contribution in [0.5, 0.6) is 0 Å². The van der Waals surface area contributed by atoms with Gasteiger partial charge >= 0.3 is 6.03 Å². The average Bonchev–Trinajstić information content (AvgIpc) is 3.14. The molecule has 1 aliphatic heterocycles. The highest BCUT2D eigenvalue weighted by Crippen LogP contribution is 2.04. The molecule has 1 aromatic heterocycles. The molecule has 2 N–H and O–H groups in total. The number of urea groups is 1. The zero-order valence-corrected chi connectivity index (χ0v) is 14.1. The number of aryl methyl sites for hydroxylation is 2. The van der Waals surface area contributed by atoms with Crippen molar-refractivity contribution in [3.63, 3.8) is 0 Å². The van der Waals surface area contributed by atoms with Gasteiger partial charge in [-0.3, -0.25) is 9.59 Å². The molecule has 1 fully saturated rings. The number of likely N-dealkylation sites (N-methyl/N-ethyl adjacent to an activating group) is 1. The zero-order valence-electron chi connectivity index (χ0n) is 14.1. The van der Waals surface area contributed by atoms with Crippen molar-refractivity contribution in [3.05, 3.63) is 18.2 Å². The molecule has 0 aliphatic carbocycles. The minimum absolute atomic E-state index is 0.0730. The van der Waals surface area contributed by atoms with E-state index in [-0.39, 0.29) is 25.0 Å². The first kappa shape index (κ1) is 19.5. The van der Waals surface area contributed by atoms with E-state index in [4.69, 9.17) is 9.90 Å². The topological polar surface area (TPSA) is 108 Å². The lowest BCUT2D eigenvalue weighted by Gasteiger charge is -2.15. The molecule has 9 nitrogen and oxygen atoms in total. The van der Waals surface area contributed by atoms with Crippen LogP contribution in [0.1, 0.15) is 19.2 Å².